The first-order chi connectivity index (χ1) is 11.7. The summed E-state index contributed by atoms with van der Waals surface area (Å²) in [6.07, 6.45) is 4.60. The first-order valence-electron chi connectivity index (χ1n) is 9.10. The normalized spacial score (nSPS) is 31.2. The number of fused-ring (bicyclic) bond motifs is 1. The molecule has 4 heterocycles. The van der Waals surface area contributed by atoms with Crippen LogP contribution in [0.15, 0.2) is 16.5 Å². The Balaban J connectivity index is 1.34. The number of rotatable bonds is 3. The fourth-order valence-electron chi connectivity index (χ4n) is 4.09. The van der Waals surface area contributed by atoms with Gasteiger partial charge in [-0.25, -0.2) is 5.06 Å². The van der Waals surface area contributed by atoms with Crippen LogP contribution in [0.1, 0.15) is 43.6 Å². The van der Waals surface area contributed by atoms with E-state index in [9.17, 15) is 4.79 Å². The Labute approximate surface area is 142 Å². The fraction of sp³-hybridized carbons (Fsp3) is 0.722. The predicted molar refractivity (Wildman–Crippen MR) is 87.1 cm³/mol. The topological polar surface area (TPSA) is 55.2 Å². The molecule has 0 saturated carbocycles. The highest BCUT2D eigenvalue weighted by atomic mass is 16.7. The standard InChI is InChI=1S/C18H26N2O4/c1-13-4-5-14(23-13)12-19-10-8-16-15(19)6-7-17(24-16)18(21)20-9-2-3-11-22-20/h4-5,15-17H,2-3,6-12H2,1H3/t15-,16-,17+/m1/s1. The highest BCUT2D eigenvalue weighted by Crippen LogP contribution is 2.33. The van der Waals surface area contributed by atoms with Gasteiger partial charge in [-0.05, 0) is 51.2 Å². The molecule has 0 radical (unpaired) electrons. The van der Waals surface area contributed by atoms with Crippen molar-refractivity contribution in [1.29, 1.82) is 0 Å². The van der Waals surface area contributed by atoms with Crippen LogP contribution in [0, 0.1) is 6.92 Å². The zero-order valence-electron chi connectivity index (χ0n) is 14.3. The van der Waals surface area contributed by atoms with E-state index in [2.05, 4.69) is 4.90 Å². The number of carbonyl (C=O) groups is 1. The van der Waals surface area contributed by atoms with Crippen LogP contribution in [0.25, 0.3) is 0 Å². The molecule has 3 aliphatic heterocycles. The lowest BCUT2D eigenvalue weighted by atomic mass is 9.98. The molecule has 3 saturated heterocycles. The van der Waals surface area contributed by atoms with E-state index in [1.54, 1.807) is 0 Å². The van der Waals surface area contributed by atoms with Crippen LogP contribution in [0.3, 0.4) is 0 Å². The van der Waals surface area contributed by atoms with Crippen LogP contribution in [0.4, 0.5) is 0 Å². The number of hydrogen-bond donors (Lipinski definition) is 0. The van der Waals surface area contributed by atoms with Crippen LogP contribution in [-0.2, 0) is 20.9 Å². The number of amides is 1. The summed E-state index contributed by atoms with van der Waals surface area (Å²) >= 11 is 0. The monoisotopic (exact) mass is 334 g/mol. The summed E-state index contributed by atoms with van der Waals surface area (Å²) < 4.78 is 11.9. The van der Waals surface area contributed by atoms with Gasteiger partial charge in [-0.15, -0.1) is 0 Å². The molecule has 0 aliphatic carbocycles. The van der Waals surface area contributed by atoms with E-state index < -0.39 is 0 Å². The van der Waals surface area contributed by atoms with Crippen molar-refractivity contribution in [2.45, 2.75) is 63.8 Å². The zero-order valence-corrected chi connectivity index (χ0v) is 14.3. The van der Waals surface area contributed by atoms with Crippen LogP contribution in [0.2, 0.25) is 0 Å². The van der Waals surface area contributed by atoms with E-state index >= 15 is 0 Å². The second-order valence-corrected chi connectivity index (χ2v) is 7.06. The predicted octanol–water partition coefficient (Wildman–Crippen LogP) is 2.26. The number of hydrogen-bond acceptors (Lipinski definition) is 5. The molecule has 0 bridgehead atoms. The van der Waals surface area contributed by atoms with Gasteiger partial charge in [0.2, 0.25) is 0 Å². The van der Waals surface area contributed by atoms with Gasteiger partial charge in [-0.3, -0.25) is 14.5 Å². The van der Waals surface area contributed by atoms with Crippen molar-refractivity contribution in [1.82, 2.24) is 9.96 Å². The maximum absolute atomic E-state index is 12.6. The molecule has 1 amide bonds. The second kappa shape index (κ2) is 6.86. The molecule has 3 fully saturated rings. The van der Waals surface area contributed by atoms with Crippen LogP contribution >= 0.6 is 0 Å². The van der Waals surface area contributed by atoms with Crippen molar-refractivity contribution in [2.75, 3.05) is 19.7 Å². The number of nitrogens with zero attached hydrogens (tertiary/aromatic N) is 2. The molecule has 24 heavy (non-hydrogen) atoms. The van der Waals surface area contributed by atoms with E-state index in [4.69, 9.17) is 14.0 Å². The van der Waals surface area contributed by atoms with Crippen molar-refractivity contribution >= 4 is 5.91 Å². The number of hydroxylamine groups is 2. The average Bonchev–Trinajstić information content (AvgIpc) is 3.21. The van der Waals surface area contributed by atoms with E-state index in [0.717, 1.165) is 56.7 Å². The summed E-state index contributed by atoms with van der Waals surface area (Å²) in [6, 6.07) is 4.45. The number of aryl methyl sites for hydroxylation is 1. The molecule has 0 unspecified atom stereocenters. The summed E-state index contributed by atoms with van der Waals surface area (Å²) in [4.78, 5) is 20.5. The van der Waals surface area contributed by atoms with Gasteiger partial charge in [-0.2, -0.15) is 0 Å². The fourth-order valence-corrected chi connectivity index (χ4v) is 4.09. The highest BCUT2D eigenvalue weighted by Gasteiger charge is 2.43. The zero-order chi connectivity index (χ0) is 16.5. The lowest BCUT2D eigenvalue weighted by molar-refractivity contribution is -0.213. The molecular weight excluding hydrogens is 308 g/mol. The Morgan fingerprint density at radius 2 is 2.12 bits per heavy atom. The highest BCUT2D eigenvalue weighted by molar-refractivity contribution is 5.80. The number of furan rings is 1. The number of likely N-dealkylation sites (tertiary alicyclic amines) is 1. The van der Waals surface area contributed by atoms with E-state index in [1.165, 1.54) is 5.06 Å². The molecular formula is C18H26N2O4. The molecule has 0 aromatic carbocycles. The molecule has 6 nitrogen and oxygen atoms in total. The molecule has 1 aromatic rings. The second-order valence-electron chi connectivity index (χ2n) is 7.06. The van der Waals surface area contributed by atoms with Crippen molar-refractivity contribution in [3.63, 3.8) is 0 Å². The van der Waals surface area contributed by atoms with Gasteiger partial charge in [0, 0.05) is 19.1 Å². The van der Waals surface area contributed by atoms with Crippen molar-refractivity contribution < 1.29 is 18.8 Å². The third kappa shape index (κ3) is 3.23. The van der Waals surface area contributed by atoms with E-state index in [0.29, 0.717) is 19.2 Å². The number of carbonyl (C=O) groups excluding carboxylic acids is 1. The van der Waals surface area contributed by atoms with E-state index in [-0.39, 0.29) is 18.1 Å². The molecule has 0 spiro atoms. The molecule has 6 heteroatoms. The molecule has 132 valence electrons. The minimum Gasteiger partial charge on any atom is -0.465 e. The Morgan fingerprint density at radius 1 is 1.21 bits per heavy atom. The summed E-state index contributed by atoms with van der Waals surface area (Å²) in [5.41, 5.74) is 0. The minimum absolute atomic E-state index is 0.00765. The lowest BCUT2D eigenvalue weighted by Gasteiger charge is -2.37. The van der Waals surface area contributed by atoms with Crippen LogP contribution in [-0.4, -0.2) is 53.8 Å². The molecule has 1 aromatic heterocycles. The third-order valence-electron chi connectivity index (χ3n) is 5.34. The quantitative estimate of drug-likeness (QED) is 0.849. The average molecular weight is 334 g/mol. The smallest absolute Gasteiger partial charge is 0.275 e. The maximum atomic E-state index is 12.6. The first-order valence-corrected chi connectivity index (χ1v) is 9.10. The van der Waals surface area contributed by atoms with Crippen molar-refractivity contribution in [3.8, 4) is 0 Å². The number of ether oxygens (including phenoxy) is 1. The Bertz CT molecular complexity index is 581. The van der Waals surface area contributed by atoms with Gasteiger partial charge in [0.05, 0.1) is 19.3 Å². The van der Waals surface area contributed by atoms with Crippen LogP contribution in [0.5, 0.6) is 0 Å². The van der Waals surface area contributed by atoms with Gasteiger partial charge in [0.15, 0.2) is 0 Å². The van der Waals surface area contributed by atoms with Gasteiger partial charge >= 0.3 is 0 Å². The van der Waals surface area contributed by atoms with Gasteiger partial charge < -0.3 is 9.15 Å². The maximum Gasteiger partial charge on any atom is 0.275 e. The first kappa shape index (κ1) is 16.1. The SMILES string of the molecule is Cc1ccc(CN2CC[C@H]3O[C@H](C(=O)N4CCCCO4)CC[C@H]32)o1. The Kier molecular flexibility index (Phi) is 4.61. The van der Waals surface area contributed by atoms with Gasteiger partial charge in [0.1, 0.15) is 17.6 Å². The molecule has 0 N–H and O–H groups in total. The van der Waals surface area contributed by atoms with Crippen LogP contribution < -0.4 is 0 Å². The molecule has 3 aliphatic rings. The minimum atomic E-state index is -0.338. The Morgan fingerprint density at radius 3 is 2.88 bits per heavy atom. The molecule has 3 atom stereocenters. The largest absolute Gasteiger partial charge is 0.465 e. The summed E-state index contributed by atoms with van der Waals surface area (Å²) in [7, 11) is 0. The Hall–Kier alpha value is -1.37. The van der Waals surface area contributed by atoms with Gasteiger partial charge in [0.25, 0.3) is 5.91 Å². The van der Waals surface area contributed by atoms with Gasteiger partial charge in [-0.1, -0.05) is 0 Å². The summed E-state index contributed by atoms with van der Waals surface area (Å²) in [6.45, 7) is 5.12. The van der Waals surface area contributed by atoms with Crippen molar-refractivity contribution in [3.05, 3.63) is 23.7 Å². The van der Waals surface area contributed by atoms with Crippen molar-refractivity contribution in [2.24, 2.45) is 0 Å². The van der Waals surface area contributed by atoms with E-state index in [1.807, 2.05) is 19.1 Å². The third-order valence-corrected chi connectivity index (χ3v) is 5.34. The molecule has 4 rings (SSSR count). The lowest BCUT2D eigenvalue weighted by Crippen LogP contribution is -2.49. The summed E-state index contributed by atoms with van der Waals surface area (Å²) in [5, 5.41) is 1.52. The summed E-state index contributed by atoms with van der Waals surface area (Å²) in [5.74, 6) is 1.97.